The lowest BCUT2D eigenvalue weighted by Crippen LogP contribution is -1.99. The Kier molecular flexibility index (Phi) is 5.95. The van der Waals surface area contributed by atoms with Gasteiger partial charge >= 0.3 is 0 Å². The van der Waals surface area contributed by atoms with E-state index in [1.807, 2.05) is 13.8 Å². The largest absolute Gasteiger partial charge is 0.396 e. The highest BCUT2D eigenvalue weighted by Crippen LogP contribution is 2.23. The molecule has 0 atom stereocenters. The Bertz CT molecular complexity index is 415. The van der Waals surface area contributed by atoms with Gasteiger partial charge in [0.2, 0.25) is 0 Å². The maximum absolute atomic E-state index is 9.05. The van der Waals surface area contributed by atoms with Crippen molar-refractivity contribution in [2.24, 2.45) is 0 Å². The van der Waals surface area contributed by atoms with Crippen LogP contribution in [0.5, 0.6) is 0 Å². The minimum atomic E-state index is 0.250. The van der Waals surface area contributed by atoms with Crippen molar-refractivity contribution in [2.75, 3.05) is 12.4 Å². The van der Waals surface area contributed by atoms with Crippen molar-refractivity contribution in [2.45, 2.75) is 38.1 Å². The van der Waals surface area contributed by atoms with E-state index in [-0.39, 0.29) is 6.61 Å². The summed E-state index contributed by atoms with van der Waals surface area (Å²) in [5, 5.41) is 18.5. The number of aryl methyl sites for hydroxylation is 2. The van der Waals surface area contributed by atoms with Crippen LogP contribution in [0.4, 0.5) is 0 Å². The van der Waals surface area contributed by atoms with Gasteiger partial charge in [-0.25, -0.2) is 9.97 Å². The quantitative estimate of drug-likeness (QED) is 0.477. The van der Waals surface area contributed by atoms with Crippen molar-refractivity contribution >= 4 is 11.8 Å². The molecule has 1 aromatic heterocycles. The first-order valence-corrected chi connectivity index (χ1v) is 6.66. The van der Waals surface area contributed by atoms with Gasteiger partial charge < -0.3 is 5.11 Å². The van der Waals surface area contributed by atoms with Crippen molar-refractivity contribution in [3.8, 4) is 6.07 Å². The highest BCUT2D eigenvalue weighted by atomic mass is 32.2. The van der Waals surface area contributed by atoms with E-state index in [1.165, 1.54) is 0 Å². The maximum Gasteiger partial charge on any atom is 0.126 e. The summed E-state index contributed by atoms with van der Waals surface area (Å²) in [5.41, 5.74) is 1.33. The molecule has 5 heteroatoms. The highest BCUT2D eigenvalue weighted by Gasteiger charge is 2.09. The number of aliphatic hydroxyl groups excluding tert-OH is 1. The van der Waals surface area contributed by atoms with E-state index in [0.717, 1.165) is 35.7 Å². The molecule has 0 unspecified atom stereocenters. The molecule has 1 rings (SSSR count). The van der Waals surface area contributed by atoms with Gasteiger partial charge in [0.05, 0.1) is 5.69 Å². The molecule has 1 aromatic rings. The van der Waals surface area contributed by atoms with Gasteiger partial charge in [-0.3, -0.25) is 0 Å². The van der Waals surface area contributed by atoms with E-state index in [9.17, 15) is 0 Å². The summed E-state index contributed by atoms with van der Waals surface area (Å²) in [6, 6.07) is 2.16. The van der Waals surface area contributed by atoms with E-state index >= 15 is 0 Å². The van der Waals surface area contributed by atoms with E-state index in [4.69, 9.17) is 10.4 Å². The van der Waals surface area contributed by atoms with Gasteiger partial charge in [0.25, 0.3) is 0 Å². The summed E-state index contributed by atoms with van der Waals surface area (Å²) in [6.45, 7) is 3.92. The molecule has 0 radical (unpaired) electrons. The summed E-state index contributed by atoms with van der Waals surface area (Å²) in [7, 11) is 0. The minimum absolute atomic E-state index is 0.250. The number of hydrogen-bond acceptors (Lipinski definition) is 5. The molecule has 0 saturated heterocycles. The third-order valence-corrected chi connectivity index (χ3v) is 3.38. The van der Waals surface area contributed by atoms with Gasteiger partial charge in [-0.2, -0.15) is 5.26 Å². The lowest BCUT2D eigenvalue weighted by Gasteiger charge is -2.06. The molecule has 0 amide bonds. The average molecular weight is 251 g/mol. The third kappa shape index (κ3) is 4.33. The van der Waals surface area contributed by atoms with Gasteiger partial charge in [-0.1, -0.05) is 6.42 Å². The molecule has 1 heterocycles. The third-order valence-electron chi connectivity index (χ3n) is 2.32. The van der Waals surface area contributed by atoms with Crippen molar-refractivity contribution < 1.29 is 5.11 Å². The molecular formula is C12H17N3OS. The molecule has 1 N–H and O–H groups in total. The first-order valence-electron chi connectivity index (χ1n) is 5.68. The molecule has 0 spiro atoms. The second kappa shape index (κ2) is 7.25. The number of nitrogens with zero attached hydrogens (tertiary/aromatic N) is 3. The lowest BCUT2D eigenvalue weighted by molar-refractivity contribution is 0.284. The molecule has 4 nitrogen and oxygen atoms in total. The number of aliphatic hydroxyl groups is 1. The molecule has 0 aromatic carbocycles. The molecule has 0 fully saturated rings. The van der Waals surface area contributed by atoms with E-state index in [0.29, 0.717) is 11.4 Å². The molecule has 0 saturated carbocycles. The Labute approximate surface area is 106 Å². The highest BCUT2D eigenvalue weighted by molar-refractivity contribution is 7.99. The Morgan fingerprint density at radius 3 is 2.65 bits per heavy atom. The smallest absolute Gasteiger partial charge is 0.126 e. The van der Waals surface area contributed by atoms with Crippen LogP contribution in [0.1, 0.15) is 36.3 Å². The number of rotatable bonds is 6. The lowest BCUT2D eigenvalue weighted by atomic mass is 10.2. The molecular weight excluding hydrogens is 234 g/mol. The minimum Gasteiger partial charge on any atom is -0.396 e. The second-order valence-electron chi connectivity index (χ2n) is 3.78. The Morgan fingerprint density at radius 1 is 1.24 bits per heavy atom. The van der Waals surface area contributed by atoms with Crippen LogP contribution in [-0.4, -0.2) is 27.4 Å². The van der Waals surface area contributed by atoms with Crippen LogP contribution in [0.15, 0.2) is 5.03 Å². The van der Waals surface area contributed by atoms with Gasteiger partial charge in [0, 0.05) is 6.61 Å². The van der Waals surface area contributed by atoms with Gasteiger partial charge in [0.15, 0.2) is 0 Å². The predicted octanol–water partition coefficient (Wildman–Crippen LogP) is 2.22. The van der Waals surface area contributed by atoms with Gasteiger partial charge in [-0.15, -0.1) is 11.8 Å². The zero-order valence-electron chi connectivity index (χ0n) is 10.2. The van der Waals surface area contributed by atoms with E-state index in [2.05, 4.69) is 16.0 Å². The number of aromatic nitrogens is 2. The van der Waals surface area contributed by atoms with Gasteiger partial charge in [0.1, 0.15) is 22.5 Å². The predicted molar refractivity (Wildman–Crippen MR) is 67.9 cm³/mol. The van der Waals surface area contributed by atoms with Crippen LogP contribution in [0.3, 0.4) is 0 Å². The van der Waals surface area contributed by atoms with E-state index in [1.54, 1.807) is 11.8 Å². The second-order valence-corrected chi connectivity index (χ2v) is 4.86. The monoisotopic (exact) mass is 251 g/mol. The standard InChI is InChI=1S/C12H17N3OS/c1-9-11(8-13)12(15-10(2)14-9)17-7-5-3-4-6-16/h16H,3-7H2,1-2H3. The molecule has 17 heavy (non-hydrogen) atoms. The topological polar surface area (TPSA) is 69.8 Å². The van der Waals surface area contributed by atoms with Crippen molar-refractivity contribution in [1.82, 2.24) is 9.97 Å². The zero-order chi connectivity index (χ0) is 12.7. The molecule has 0 aliphatic heterocycles. The fraction of sp³-hybridized carbons (Fsp3) is 0.583. The Morgan fingerprint density at radius 2 is 2.00 bits per heavy atom. The van der Waals surface area contributed by atoms with Crippen LogP contribution >= 0.6 is 11.8 Å². The maximum atomic E-state index is 9.05. The number of thioether (sulfide) groups is 1. The Hall–Kier alpha value is -1.12. The summed E-state index contributed by atoms with van der Waals surface area (Å²) in [5.74, 6) is 1.63. The summed E-state index contributed by atoms with van der Waals surface area (Å²) < 4.78 is 0. The zero-order valence-corrected chi connectivity index (χ0v) is 11.0. The van der Waals surface area contributed by atoms with Crippen LogP contribution in [0.2, 0.25) is 0 Å². The van der Waals surface area contributed by atoms with Gasteiger partial charge in [-0.05, 0) is 32.4 Å². The molecule has 92 valence electrons. The van der Waals surface area contributed by atoms with Crippen LogP contribution < -0.4 is 0 Å². The van der Waals surface area contributed by atoms with Crippen LogP contribution in [0.25, 0.3) is 0 Å². The SMILES string of the molecule is Cc1nc(C)c(C#N)c(SCCCCCO)n1. The van der Waals surface area contributed by atoms with Crippen LogP contribution in [-0.2, 0) is 0 Å². The summed E-state index contributed by atoms with van der Waals surface area (Å²) in [4.78, 5) is 8.49. The van der Waals surface area contributed by atoms with E-state index < -0.39 is 0 Å². The molecule has 0 bridgehead atoms. The normalized spacial score (nSPS) is 10.2. The summed E-state index contributed by atoms with van der Waals surface area (Å²) >= 11 is 1.60. The van der Waals surface area contributed by atoms with Crippen molar-refractivity contribution in [3.63, 3.8) is 0 Å². The molecule has 0 aliphatic rings. The first kappa shape index (κ1) is 13.9. The average Bonchev–Trinajstić information content (AvgIpc) is 2.28. The fourth-order valence-corrected chi connectivity index (χ4v) is 2.55. The number of unbranched alkanes of at least 4 members (excludes halogenated alkanes) is 2. The summed E-state index contributed by atoms with van der Waals surface area (Å²) in [6.07, 6.45) is 2.88. The van der Waals surface area contributed by atoms with Crippen molar-refractivity contribution in [1.29, 1.82) is 5.26 Å². The van der Waals surface area contributed by atoms with Crippen molar-refractivity contribution in [3.05, 3.63) is 17.1 Å². The number of hydrogen-bond donors (Lipinski definition) is 1. The molecule has 0 aliphatic carbocycles. The van der Waals surface area contributed by atoms with Crippen LogP contribution in [0, 0.1) is 25.2 Å². The first-order chi connectivity index (χ1) is 8.19. The Balaban J connectivity index is 2.61. The fourth-order valence-electron chi connectivity index (χ4n) is 1.47. The number of nitriles is 1.